The van der Waals surface area contributed by atoms with Crippen LogP contribution in [0.5, 0.6) is 5.75 Å². The summed E-state index contributed by atoms with van der Waals surface area (Å²) in [4.78, 5) is 44.9. The number of carbonyl (C=O) groups is 3. The summed E-state index contributed by atoms with van der Waals surface area (Å²) in [5, 5.41) is 5.55. The van der Waals surface area contributed by atoms with Gasteiger partial charge in [-0.3, -0.25) is 9.59 Å². The van der Waals surface area contributed by atoms with Gasteiger partial charge in [0, 0.05) is 31.0 Å². The first-order valence-corrected chi connectivity index (χ1v) is 14.3. The van der Waals surface area contributed by atoms with E-state index in [9.17, 15) is 27.6 Å². The fourth-order valence-electron chi connectivity index (χ4n) is 5.82. The molecule has 0 aliphatic carbocycles. The van der Waals surface area contributed by atoms with Crippen LogP contribution in [0.4, 0.5) is 29.3 Å². The van der Waals surface area contributed by atoms with Gasteiger partial charge in [0.1, 0.15) is 17.8 Å². The van der Waals surface area contributed by atoms with Gasteiger partial charge in [0.15, 0.2) is 0 Å². The number of likely N-dealkylation sites (tertiary alicyclic amines) is 1. The lowest BCUT2D eigenvalue weighted by atomic mass is 9.85. The number of ether oxygens (including phenoxy) is 1. The first-order valence-electron chi connectivity index (χ1n) is 14.3. The minimum atomic E-state index is -4.47. The Hall–Kier alpha value is -4.74. The predicted molar refractivity (Wildman–Crippen MR) is 159 cm³/mol. The summed E-state index contributed by atoms with van der Waals surface area (Å²) >= 11 is 0. The van der Waals surface area contributed by atoms with E-state index in [1.54, 1.807) is 16.9 Å². The van der Waals surface area contributed by atoms with E-state index in [1.807, 2.05) is 59.5 Å². The van der Waals surface area contributed by atoms with Crippen molar-refractivity contribution in [1.29, 1.82) is 0 Å². The quantitative estimate of drug-likeness (QED) is 0.385. The molecule has 1 spiro atoms. The number of halogens is 3. The SMILES string of the molecule is COc1ccccc1CCNC(=O)CN1CN(c2ccccc2)C2(CCN(C(=O)Nc3ccc(C(F)(F)F)cc3)CC2)C1=O. The van der Waals surface area contributed by atoms with Crippen molar-refractivity contribution in [2.75, 3.05) is 50.2 Å². The standard InChI is InChI=1S/C32H34F3N5O4/c1-44-27-10-6-5-7-23(27)15-18-36-28(41)21-39-22-40(26-8-3-2-4-9-26)31(29(39)42)16-19-38(20-17-31)30(43)37-25-13-11-24(12-14-25)32(33,34)35/h2-14H,15-22H2,1H3,(H,36,41)(H,37,43). The van der Waals surface area contributed by atoms with Crippen molar-refractivity contribution in [3.8, 4) is 5.75 Å². The lowest BCUT2D eigenvalue weighted by Gasteiger charge is -2.43. The Balaban J connectivity index is 1.22. The zero-order valence-corrected chi connectivity index (χ0v) is 24.3. The van der Waals surface area contributed by atoms with Crippen LogP contribution >= 0.6 is 0 Å². The summed E-state index contributed by atoms with van der Waals surface area (Å²) in [6, 6.07) is 20.9. The highest BCUT2D eigenvalue weighted by Crippen LogP contribution is 2.39. The van der Waals surface area contributed by atoms with Gasteiger partial charge in [0.05, 0.1) is 19.3 Å². The zero-order valence-electron chi connectivity index (χ0n) is 24.3. The maximum Gasteiger partial charge on any atom is 0.416 e. The summed E-state index contributed by atoms with van der Waals surface area (Å²) in [7, 11) is 1.60. The van der Waals surface area contributed by atoms with Gasteiger partial charge < -0.3 is 30.1 Å². The van der Waals surface area contributed by atoms with Crippen LogP contribution in [0.3, 0.4) is 0 Å². The van der Waals surface area contributed by atoms with E-state index in [0.29, 0.717) is 25.8 Å². The van der Waals surface area contributed by atoms with Gasteiger partial charge in [-0.25, -0.2) is 4.79 Å². The number of benzene rings is 3. The molecule has 44 heavy (non-hydrogen) atoms. The Bertz CT molecular complexity index is 1480. The molecule has 3 aromatic carbocycles. The molecule has 2 N–H and O–H groups in total. The van der Waals surface area contributed by atoms with Crippen molar-refractivity contribution in [3.63, 3.8) is 0 Å². The lowest BCUT2D eigenvalue weighted by Crippen LogP contribution is -2.58. The molecule has 9 nitrogen and oxygen atoms in total. The highest BCUT2D eigenvalue weighted by atomic mass is 19.4. The Morgan fingerprint density at radius 3 is 2.25 bits per heavy atom. The second kappa shape index (κ2) is 12.9. The van der Waals surface area contributed by atoms with Crippen molar-refractivity contribution in [2.24, 2.45) is 0 Å². The molecule has 0 aromatic heterocycles. The van der Waals surface area contributed by atoms with Gasteiger partial charge in [-0.2, -0.15) is 13.2 Å². The molecule has 0 saturated carbocycles. The summed E-state index contributed by atoms with van der Waals surface area (Å²) in [5.41, 5.74) is 0.308. The minimum absolute atomic E-state index is 0.103. The number of anilines is 2. The van der Waals surface area contributed by atoms with Crippen LogP contribution in [0.25, 0.3) is 0 Å². The molecule has 3 aromatic rings. The van der Waals surface area contributed by atoms with Gasteiger partial charge in [0.2, 0.25) is 5.91 Å². The van der Waals surface area contributed by atoms with Gasteiger partial charge in [-0.15, -0.1) is 0 Å². The number of rotatable bonds is 8. The van der Waals surface area contributed by atoms with Crippen LogP contribution in [-0.4, -0.2) is 73.1 Å². The molecule has 0 unspecified atom stereocenters. The third-order valence-electron chi connectivity index (χ3n) is 8.17. The highest BCUT2D eigenvalue weighted by Gasteiger charge is 2.54. The minimum Gasteiger partial charge on any atom is -0.496 e. The molecule has 0 bridgehead atoms. The zero-order chi connectivity index (χ0) is 31.3. The average Bonchev–Trinajstić information content (AvgIpc) is 3.28. The molecule has 0 radical (unpaired) electrons. The van der Waals surface area contributed by atoms with Gasteiger partial charge in [-0.05, 0) is 67.3 Å². The topological polar surface area (TPSA) is 94.2 Å². The molecule has 2 saturated heterocycles. The van der Waals surface area contributed by atoms with E-state index in [1.165, 1.54) is 12.1 Å². The third kappa shape index (κ3) is 6.58. The molecule has 4 amide bonds. The van der Waals surface area contributed by atoms with E-state index >= 15 is 0 Å². The fraction of sp³-hybridized carbons (Fsp3) is 0.344. The van der Waals surface area contributed by atoms with Crippen LogP contribution in [0.2, 0.25) is 0 Å². The van der Waals surface area contributed by atoms with E-state index < -0.39 is 23.3 Å². The van der Waals surface area contributed by atoms with Gasteiger partial charge in [-0.1, -0.05) is 36.4 Å². The fourth-order valence-corrected chi connectivity index (χ4v) is 5.82. The third-order valence-corrected chi connectivity index (χ3v) is 8.17. The Labute approximate surface area is 253 Å². The number of urea groups is 1. The molecule has 12 heteroatoms. The summed E-state index contributed by atoms with van der Waals surface area (Å²) < 4.78 is 44.0. The van der Waals surface area contributed by atoms with Crippen LogP contribution in [0, 0.1) is 0 Å². The molecule has 2 heterocycles. The van der Waals surface area contributed by atoms with Crippen LogP contribution < -0.4 is 20.3 Å². The summed E-state index contributed by atoms with van der Waals surface area (Å²) in [6.07, 6.45) is -3.23. The van der Waals surface area contributed by atoms with Crippen molar-refractivity contribution in [3.05, 3.63) is 90.0 Å². The Morgan fingerprint density at radius 2 is 1.59 bits per heavy atom. The Morgan fingerprint density at radius 1 is 0.932 bits per heavy atom. The summed E-state index contributed by atoms with van der Waals surface area (Å²) in [5.74, 6) is 0.298. The number of para-hydroxylation sites is 2. The predicted octanol–water partition coefficient (Wildman–Crippen LogP) is 4.75. The van der Waals surface area contributed by atoms with Crippen molar-refractivity contribution < 1.29 is 32.3 Å². The normalized spacial score (nSPS) is 16.3. The number of amides is 4. The number of nitrogens with one attached hydrogen (secondary N) is 2. The number of hydrogen-bond donors (Lipinski definition) is 2. The van der Waals surface area contributed by atoms with Crippen molar-refractivity contribution in [2.45, 2.75) is 31.0 Å². The van der Waals surface area contributed by atoms with Gasteiger partial charge in [0.25, 0.3) is 5.91 Å². The number of methoxy groups -OCH3 is 1. The van der Waals surface area contributed by atoms with E-state index in [4.69, 9.17) is 4.74 Å². The number of hydrogen-bond acceptors (Lipinski definition) is 5. The second-order valence-electron chi connectivity index (χ2n) is 10.8. The summed E-state index contributed by atoms with van der Waals surface area (Å²) in [6.45, 7) is 1.01. The second-order valence-corrected chi connectivity index (χ2v) is 10.8. The first-order chi connectivity index (χ1) is 21.1. The molecule has 0 atom stereocenters. The number of carbonyl (C=O) groups excluding carboxylic acids is 3. The van der Waals surface area contributed by atoms with Crippen LogP contribution in [0.15, 0.2) is 78.9 Å². The molecule has 2 aliphatic heterocycles. The average molecular weight is 610 g/mol. The van der Waals surface area contributed by atoms with Crippen LogP contribution in [0.1, 0.15) is 24.0 Å². The Kier molecular flexibility index (Phi) is 8.98. The van der Waals surface area contributed by atoms with Gasteiger partial charge >= 0.3 is 12.2 Å². The molecular formula is C32H34F3N5O4. The maximum absolute atomic E-state index is 13.9. The van der Waals surface area contributed by atoms with E-state index in [2.05, 4.69) is 10.6 Å². The highest BCUT2D eigenvalue weighted by molar-refractivity contribution is 5.97. The molecule has 5 rings (SSSR count). The smallest absolute Gasteiger partial charge is 0.416 e. The monoisotopic (exact) mass is 609 g/mol. The van der Waals surface area contributed by atoms with E-state index in [0.717, 1.165) is 29.1 Å². The number of alkyl halides is 3. The van der Waals surface area contributed by atoms with E-state index in [-0.39, 0.29) is 43.8 Å². The van der Waals surface area contributed by atoms with Crippen molar-refractivity contribution in [1.82, 2.24) is 15.1 Å². The first kappa shape index (κ1) is 30.7. The number of nitrogens with zero attached hydrogens (tertiary/aromatic N) is 3. The molecular weight excluding hydrogens is 575 g/mol. The maximum atomic E-state index is 13.9. The largest absolute Gasteiger partial charge is 0.496 e. The molecule has 232 valence electrons. The van der Waals surface area contributed by atoms with Crippen LogP contribution in [-0.2, 0) is 22.2 Å². The molecule has 2 fully saturated rings. The number of piperidine rings is 1. The molecule has 2 aliphatic rings. The lowest BCUT2D eigenvalue weighted by molar-refractivity contribution is -0.137. The van der Waals surface area contributed by atoms with Crippen molar-refractivity contribution >= 4 is 29.2 Å².